The number of hydrogen-bond donors (Lipinski definition) is 1. The molecule has 3 rings (SSSR count). The van der Waals surface area contributed by atoms with Crippen LogP contribution < -0.4 is 10.1 Å². The number of nitrogens with one attached hydrogen (secondary N) is 1. The Balaban J connectivity index is 1.68. The van der Waals surface area contributed by atoms with E-state index in [9.17, 15) is 9.59 Å². The highest BCUT2D eigenvalue weighted by Crippen LogP contribution is 2.32. The maximum atomic E-state index is 12.8. The SMILES string of the molecule is CCOc1ccccc1NC(=O)CN1C(=O)C(=CC(C)=Cc2ccccc2)SC1=S. The minimum absolute atomic E-state index is 0.149. The first-order valence-corrected chi connectivity index (χ1v) is 10.7. The van der Waals surface area contributed by atoms with Crippen LogP contribution in [0.1, 0.15) is 19.4 Å². The predicted octanol–water partition coefficient (Wildman–Crippen LogP) is 4.87. The fraction of sp³-hybridized carbons (Fsp3) is 0.174. The molecule has 1 saturated heterocycles. The van der Waals surface area contributed by atoms with Gasteiger partial charge in [-0.1, -0.05) is 72.5 Å². The molecule has 7 heteroatoms. The van der Waals surface area contributed by atoms with E-state index in [1.54, 1.807) is 18.2 Å². The van der Waals surface area contributed by atoms with Gasteiger partial charge in [-0.15, -0.1) is 0 Å². The quantitative estimate of drug-likeness (QED) is 0.494. The van der Waals surface area contributed by atoms with Gasteiger partial charge >= 0.3 is 0 Å². The molecule has 1 aliphatic heterocycles. The highest BCUT2D eigenvalue weighted by atomic mass is 32.2. The Labute approximate surface area is 185 Å². The number of hydrogen-bond acceptors (Lipinski definition) is 5. The fourth-order valence-electron chi connectivity index (χ4n) is 2.88. The van der Waals surface area contributed by atoms with E-state index in [1.165, 1.54) is 16.7 Å². The van der Waals surface area contributed by atoms with Crippen molar-refractivity contribution in [1.29, 1.82) is 0 Å². The van der Waals surface area contributed by atoms with Gasteiger partial charge in [-0.25, -0.2) is 0 Å². The van der Waals surface area contributed by atoms with Crippen molar-refractivity contribution in [2.24, 2.45) is 0 Å². The third-order valence-electron chi connectivity index (χ3n) is 4.19. The van der Waals surface area contributed by atoms with Crippen LogP contribution in [0.5, 0.6) is 5.75 Å². The molecular weight excluding hydrogens is 416 g/mol. The van der Waals surface area contributed by atoms with Gasteiger partial charge in [-0.05, 0) is 43.2 Å². The summed E-state index contributed by atoms with van der Waals surface area (Å²) in [5.74, 6) is -0.0179. The second-order valence-electron chi connectivity index (χ2n) is 6.54. The van der Waals surface area contributed by atoms with Gasteiger partial charge < -0.3 is 10.1 Å². The van der Waals surface area contributed by atoms with Gasteiger partial charge in [0.2, 0.25) is 5.91 Å². The Morgan fingerprint density at radius 1 is 1.17 bits per heavy atom. The van der Waals surface area contributed by atoms with Gasteiger partial charge in [0.15, 0.2) is 0 Å². The molecule has 0 aromatic heterocycles. The number of anilines is 1. The zero-order valence-corrected chi connectivity index (χ0v) is 18.4. The number of amides is 2. The van der Waals surface area contributed by atoms with E-state index >= 15 is 0 Å². The molecule has 2 aromatic rings. The Kier molecular flexibility index (Phi) is 7.43. The smallest absolute Gasteiger partial charge is 0.266 e. The van der Waals surface area contributed by atoms with Gasteiger partial charge in [0.1, 0.15) is 16.6 Å². The monoisotopic (exact) mass is 438 g/mol. The molecule has 0 saturated carbocycles. The highest BCUT2D eigenvalue weighted by molar-refractivity contribution is 8.26. The lowest BCUT2D eigenvalue weighted by Gasteiger charge is -2.15. The third kappa shape index (κ3) is 5.58. The Morgan fingerprint density at radius 3 is 2.60 bits per heavy atom. The van der Waals surface area contributed by atoms with Crippen LogP contribution in [0.25, 0.3) is 6.08 Å². The predicted molar refractivity (Wildman–Crippen MR) is 126 cm³/mol. The maximum absolute atomic E-state index is 12.8. The third-order valence-corrected chi connectivity index (χ3v) is 5.57. The standard InChI is InChI=1S/C23H22N2O3S2/c1-3-28-19-12-8-7-11-18(19)24-21(26)15-25-22(27)20(30-23(25)29)14-16(2)13-17-9-5-4-6-10-17/h4-14H,3,15H2,1-2H3,(H,24,26). The minimum Gasteiger partial charge on any atom is -0.492 e. The second-order valence-corrected chi connectivity index (χ2v) is 8.22. The average molecular weight is 439 g/mol. The molecule has 1 aliphatic rings. The summed E-state index contributed by atoms with van der Waals surface area (Å²) < 4.78 is 5.89. The maximum Gasteiger partial charge on any atom is 0.266 e. The molecule has 1 heterocycles. The molecule has 0 atom stereocenters. The summed E-state index contributed by atoms with van der Waals surface area (Å²) in [5, 5.41) is 2.79. The number of allylic oxidation sites excluding steroid dienone is 2. The zero-order valence-electron chi connectivity index (χ0n) is 16.8. The van der Waals surface area contributed by atoms with Crippen molar-refractivity contribution in [1.82, 2.24) is 4.90 Å². The molecule has 0 spiro atoms. The summed E-state index contributed by atoms with van der Waals surface area (Å²) in [5.41, 5.74) is 2.54. The van der Waals surface area contributed by atoms with Gasteiger partial charge in [-0.3, -0.25) is 14.5 Å². The molecule has 30 heavy (non-hydrogen) atoms. The van der Waals surface area contributed by atoms with E-state index in [2.05, 4.69) is 5.32 Å². The lowest BCUT2D eigenvalue weighted by Crippen LogP contribution is -2.36. The number of para-hydroxylation sites is 2. The fourth-order valence-corrected chi connectivity index (χ4v) is 4.19. The Hall–Kier alpha value is -2.90. The number of thioether (sulfide) groups is 1. The van der Waals surface area contributed by atoms with Crippen LogP contribution >= 0.6 is 24.0 Å². The van der Waals surface area contributed by atoms with Crippen LogP contribution in [0.3, 0.4) is 0 Å². The molecular formula is C23H22N2O3S2. The van der Waals surface area contributed by atoms with Crippen LogP contribution in [-0.2, 0) is 9.59 Å². The van der Waals surface area contributed by atoms with Crippen LogP contribution in [0.15, 0.2) is 71.2 Å². The molecule has 1 fully saturated rings. The molecule has 5 nitrogen and oxygen atoms in total. The van der Waals surface area contributed by atoms with E-state index in [4.69, 9.17) is 17.0 Å². The van der Waals surface area contributed by atoms with Crippen LogP contribution in [0.2, 0.25) is 0 Å². The number of carbonyl (C=O) groups is 2. The molecule has 0 bridgehead atoms. The van der Waals surface area contributed by atoms with Gasteiger partial charge in [0, 0.05) is 0 Å². The number of thiocarbonyl (C=S) groups is 1. The van der Waals surface area contributed by atoms with E-state index in [1.807, 2.05) is 62.4 Å². The lowest BCUT2D eigenvalue weighted by molar-refractivity contribution is -0.126. The molecule has 2 aromatic carbocycles. The van der Waals surface area contributed by atoms with Crippen LogP contribution in [0.4, 0.5) is 5.69 Å². The zero-order chi connectivity index (χ0) is 21.5. The van der Waals surface area contributed by atoms with E-state index in [-0.39, 0.29) is 18.4 Å². The Bertz CT molecular complexity index is 1020. The van der Waals surface area contributed by atoms with Crippen LogP contribution in [0, 0.1) is 0 Å². The number of rotatable bonds is 7. The normalized spacial score (nSPS) is 15.6. The Morgan fingerprint density at radius 2 is 1.87 bits per heavy atom. The first kappa shape index (κ1) is 21.8. The van der Waals surface area contributed by atoms with E-state index in [0.717, 1.165) is 11.1 Å². The summed E-state index contributed by atoms with van der Waals surface area (Å²) in [6, 6.07) is 17.0. The second kappa shape index (κ2) is 10.2. The molecule has 0 aliphatic carbocycles. The summed E-state index contributed by atoms with van der Waals surface area (Å²) in [6.45, 7) is 4.14. The largest absolute Gasteiger partial charge is 0.492 e. The highest BCUT2D eigenvalue weighted by Gasteiger charge is 2.33. The van der Waals surface area contributed by atoms with Crippen molar-refractivity contribution in [3.05, 3.63) is 76.7 Å². The number of ether oxygens (including phenoxy) is 1. The summed E-state index contributed by atoms with van der Waals surface area (Å²) >= 11 is 6.53. The average Bonchev–Trinajstić information content (AvgIpc) is 2.97. The first-order valence-electron chi connectivity index (χ1n) is 9.48. The van der Waals surface area contributed by atoms with Crippen LogP contribution in [-0.4, -0.2) is 34.2 Å². The van der Waals surface area contributed by atoms with Crippen molar-refractivity contribution < 1.29 is 14.3 Å². The number of nitrogens with zero attached hydrogens (tertiary/aromatic N) is 1. The summed E-state index contributed by atoms with van der Waals surface area (Å²) in [7, 11) is 0. The van der Waals surface area contributed by atoms with Gasteiger partial charge in [0.25, 0.3) is 5.91 Å². The first-order chi connectivity index (χ1) is 14.5. The van der Waals surface area contributed by atoms with Crippen molar-refractivity contribution in [2.45, 2.75) is 13.8 Å². The van der Waals surface area contributed by atoms with Crippen molar-refractivity contribution in [3.63, 3.8) is 0 Å². The van der Waals surface area contributed by atoms with Crippen molar-refractivity contribution in [2.75, 3.05) is 18.5 Å². The molecule has 0 unspecified atom stereocenters. The number of benzene rings is 2. The summed E-state index contributed by atoms with van der Waals surface area (Å²) in [4.78, 5) is 27.1. The lowest BCUT2D eigenvalue weighted by atomic mass is 10.1. The molecule has 2 amide bonds. The molecule has 154 valence electrons. The summed E-state index contributed by atoms with van der Waals surface area (Å²) in [6.07, 6.45) is 3.79. The van der Waals surface area contributed by atoms with E-state index in [0.29, 0.717) is 27.3 Å². The number of carbonyl (C=O) groups excluding carboxylic acids is 2. The van der Waals surface area contributed by atoms with E-state index < -0.39 is 0 Å². The van der Waals surface area contributed by atoms with Gasteiger partial charge in [0.05, 0.1) is 17.2 Å². The van der Waals surface area contributed by atoms with Crippen molar-refractivity contribution >= 4 is 51.9 Å². The van der Waals surface area contributed by atoms with Crippen molar-refractivity contribution in [3.8, 4) is 5.75 Å². The van der Waals surface area contributed by atoms with Gasteiger partial charge in [-0.2, -0.15) is 0 Å². The minimum atomic E-state index is -0.337. The molecule has 0 radical (unpaired) electrons. The molecule has 1 N–H and O–H groups in total. The topological polar surface area (TPSA) is 58.6 Å².